The van der Waals surface area contributed by atoms with E-state index in [1.54, 1.807) is 0 Å². The molecule has 15 heavy (non-hydrogen) atoms. The highest BCUT2D eigenvalue weighted by atomic mass is 32.1. The SMILES string of the molecule is CC1(Cn2c(=S)[nH]c3cnccc32)CC1. The lowest BCUT2D eigenvalue weighted by molar-refractivity contribution is 0.469. The van der Waals surface area contributed by atoms with E-state index >= 15 is 0 Å². The van der Waals surface area contributed by atoms with E-state index in [0.717, 1.165) is 16.8 Å². The molecule has 0 aromatic carbocycles. The van der Waals surface area contributed by atoms with Crippen molar-refractivity contribution < 1.29 is 0 Å². The minimum Gasteiger partial charge on any atom is -0.329 e. The fourth-order valence-electron chi connectivity index (χ4n) is 1.92. The third-order valence-corrected chi connectivity index (χ3v) is 3.54. The van der Waals surface area contributed by atoms with Crippen LogP contribution in [0.25, 0.3) is 11.0 Å². The molecule has 2 heterocycles. The average molecular weight is 219 g/mol. The van der Waals surface area contributed by atoms with Crippen LogP contribution < -0.4 is 0 Å². The Bertz CT molecular complexity index is 562. The second kappa shape index (κ2) is 2.92. The second-order valence-electron chi connectivity index (χ2n) is 4.72. The van der Waals surface area contributed by atoms with Crippen molar-refractivity contribution in [3.63, 3.8) is 0 Å². The average Bonchev–Trinajstić information content (AvgIpc) is 2.86. The molecule has 1 aliphatic rings. The van der Waals surface area contributed by atoms with Gasteiger partial charge in [-0.25, -0.2) is 0 Å². The van der Waals surface area contributed by atoms with Gasteiger partial charge in [-0.15, -0.1) is 0 Å². The number of imidazole rings is 1. The van der Waals surface area contributed by atoms with E-state index in [1.165, 1.54) is 18.4 Å². The Kier molecular flexibility index (Phi) is 1.77. The molecular formula is C11H13N3S. The molecular weight excluding hydrogens is 206 g/mol. The number of aromatic amines is 1. The monoisotopic (exact) mass is 219 g/mol. The number of hydrogen-bond acceptors (Lipinski definition) is 2. The molecule has 0 amide bonds. The largest absolute Gasteiger partial charge is 0.329 e. The molecule has 1 saturated carbocycles. The number of hydrogen-bond donors (Lipinski definition) is 1. The molecule has 3 rings (SSSR count). The van der Waals surface area contributed by atoms with Gasteiger partial charge in [-0.3, -0.25) is 4.98 Å². The van der Waals surface area contributed by atoms with E-state index in [9.17, 15) is 0 Å². The Morgan fingerprint density at radius 1 is 1.60 bits per heavy atom. The Labute approximate surface area is 93.1 Å². The molecule has 3 nitrogen and oxygen atoms in total. The summed E-state index contributed by atoms with van der Waals surface area (Å²) in [6.07, 6.45) is 6.27. The molecule has 4 heteroatoms. The topological polar surface area (TPSA) is 33.6 Å². The zero-order valence-corrected chi connectivity index (χ0v) is 9.47. The predicted molar refractivity (Wildman–Crippen MR) is 62.3 cm³/mol. The first-order chi connectivity index (χ1) is 7.18. The summed E-state index contributed by atoms with van der Waals surface area (Å²) in [5.74, 6) is 0. The quantitative estimate of drug-likeness (QED) is 0.788. The summed E-state index contributed by atoms with van der Waals surface area (Å²) >= 11 is 5.33. The Hall–Kier alpha value is -1.16. The third-order valence-electron chi connectivity index (χ3n) is 3.22. The molecule has 0 spiro atoms. The lowest BCUT2D eigenvalue weighted by atomic mass is 10.1. The maximum Gasteiger partial charge on any atom is 0.178 e. The van der Waals surface area contributed by atoms with Crippen LogP contribution in [0.15, 0.2) is 18.5 Å². The molecule has 2 aromatic heterocycles. The van der Waals surface area contributed by atoms with Crippen LogP contribution in [0.2, 0.25) is 0 Å². The Balaban J connectivity index is 2.16. The van der Waals surface area contributed by atoms with Gasteiger partial charge in [0.2, 0.25) is 0 Å². The van der Waals surface area contributed by atoms with Crippen molar-refractivity contribution in [1.82, 2.24) is 14.5 Å². The van der Waals surface area contributed by atoms with E-state index < -0.39 is 0 Å². The van der Waals surface area contributed by atoms with Crippen LogP contribution in [-0.4, -0.2) is 14.5 Å². The van der Waals surface area contributed by atoms with Crippen LogP contribution in [0, 0.1) is 10.2 Å². The predicted octanol–water partition coefficient (Wildman–Crippen LogP) is 2.89. The molecule has 0 radical (unpaired) electrons. The van der Waals surface area contributed by atoms with Gasteiger partial charge in [-0.2, -0.15) is 0 Å². The number of nitrogens with one attached hydrogen (secondary N) is 1. The van der Waals surface area contributed by atoms with Crippen molar-refractivity contribution in [3.8, 4) is 0 Å². The minimum absolute atomic E-state index is 0.469. The van der Waals surface area contributed by atoms with Crippen LogP contribution in [0.5, 0.6) is 0 Å². The van der Waals surface area contributed by atoms with Crippen LogP contribution in [0.3, 0.4) is 0 Å². The molecule has 0 saturated heterocycles. The highest BCUT2D eigenvalue weighted by Crippen LogP contribution is 2.46. The van der Waals surface area contributed by atoms with Gasteiger partial charge in [0.15, 0.2) is 4.77 Å². The summed E-state index contributed by atoms with van der Waals surface area (Å²) in [6, 6.07) is 2.02. The zero-order valence-electron chi connectivity index (χ0n) is 8.66. The number of rotatable bonds is 2. The molecule has 78 valence electrons. The van der Waals surface area contributed by atoms with E-state index in [4.69, 9.17) is 12.2 Å². The first-order valence-corrected chi connectivity index (χ1v) is 5.61. The number of fused-ring (bicyclic) bond motifs is 1. The third kappa shape index (κ3) is 1.49. The molecule has 1 N–H and O–H groups in total. The van der Waals surface area contributed by atoms with Gasteiger partial charge >= 0.3 is 0 Å². The molecule has 1 aliphatic carbocycles. The van der Waals surface area contributed by atoms with Crippen LogP contribution in [0.1, 0.15) is 19.8 Å². The van der Waals surface area contributed by atoms with Gasteiger partial charge in [-0.05, 0) is 36.5 Å². The van der Waals surface area contributed by atoms with Crippen LogP contribution in [-0.2, 0) is 6.54 Å². The Morgan fingerprint density at radius 2 is 2.40 bits per heavy atom. The van der Waals surface area contributed by atoms with Crippen molar-refractivity contribution in [1.29, 1.82) is 0 Å². The molecule has 0 aliphatic heterocycles. The first kappa shape index (κ1) is 9.09. The van der Waals surface area contributed by atoms with Crippen LogP contribution >= 0.6 is 12.2 Å². The lowest BCUT2D eigenvalue weighted by Crippen LogP contribution is -2.07. The summed E-state index contributed by atoms with van der Waals surface area (Å²) in [6.45, 7) is 3.34. The number of aromatic nitrogens is 3. The molecule has 0 bridgehead atoms. The van der Waals surface area contributed by atoms with E-state index in [1.807, 2.05) is 18.5 Å². The maximum atomic E-state index is 5.33. The zero-order chi connectivity index (χ0) is 10.5. The summed E-state index contributed by atoms with van der Waals surface area (Å²) < 4.78 is 3.01. The summed E-state index contributed by atoms with van der Waals surface area (Å²) in [5, 5.41) is 0. The standard InChI is InChI=1S/C11H13N3S/c1-11(3-4-11)7-14-9-2-5-12-6-8(9)13-10(14)15/h2,5-6H,3-4,7H2,1H3,(H,13,15). The van der Waals surface area contributed by atoms with Gasteiger partial charge in [0, 0.05) is 12.7 Å². The highest BCUT2D eigenvalue weighted by molar-refractivity contribution is 7.71. The van der Waals surface area contributed by atoms with E-state index in [-0.39, 0.29) is 0 Å². The van der Waals surface area contributed by atoms with Gasteiger partial charge in [-0.1, -0.05) is 6.92 Å². The normalized spacial score (nSPS) is 18.2. The fourth-order valence-corrected chi connectivity index (χ4v) is 2.19. The van der Waals surface area contributed by atoms with Gasteiger partial charge in [0.25, 0.3) is 0 Å². The van der Waals surface area contributed by atoms with Crippen molar-refractivity contribution in [2.24, 2.45) is 5.41 Å². The highest BCUT2D eigenvalue weighted by Gasteiger charge is 2.37. The number of nitrogens with zero attached hydrogens (tertiary/aromatic N) is 2. The molecule has 2 aromatic rings. The maximum absolute atomic E-state index is 5.33. The van der Waals surface area contributed by atoms with Crippen LogP contribution in [0.4, 0.5) is 0 Å². The van der Waals surface area contributed by atoms with Crippen molar-refractivity contribution in [2.45, 2.75) is 26.3 Å². The second-order valence-corrected chi connectivity index (χ2v) is 5.11. The van der Waals surface area contributed by atoms with Crippen molar-refractivity contribution in [3.05, 3.63) is 23.2 Å². The van der Waals surface area contributed by atoms with E-state index in [2.05, 4.69) is 21.5 Å². The van der Waals surface area contributed by atoms with Gasteiger partial charge in [0.1, 0.15) is 0 Å². The lowest BCUT2D eigenvalue weighted by Gasteiger charge is -2.09. The number of pyridine rings is 1. The summed E-state index contributed by atoms with van der Waals surface area (Å²) in [7, 11) is 0. The first-order valence-electron chi connectivity index (χ1n) is 5.21. The summed E-state index contributed by atoms with van der Waals surface area (Å²) in [4.78, 5) is 7.28. The van der Waals surface area contributed by atoms with E-state index in [0.29, 0.717) is 5.41 Å². The van der Waals surface area contributed by atoms with Crippen molar-refractivity contribution >= 4 is 23.3 Å². The summed E-state index contributed by atoms with van der Waals surface area (Å²) in [5.41, 5.74) is 2.67. The molecule has 0 unspecified atom stereocenters. The number of H-pyrrole nitrogens is 1. The Morgan fingerprint density at radius 3 is 3.13 bits per heavy atom. The van der Waals surface area contributed by atoms with Gasteiger partial charge in [0.05, 0.1) is 17.2 Å². The fraction of sp³-hybridized carbons (Fsp3) is 0.455. The van der Waals surface area contributed by atoms with Crippen molar-refractivity contribution in [2.75, 3.05) is 0 Å². The molecule has 1 fully saturated rings. The molecule has 0 atom stereocenters. The smallest absolute Gasteiger partial charge is 0.178 e. The minimum atomic E-state index is 0.469. The van der Waals surface area contributed by atoms with Gasteiger partial charge < -0.3 is 9.55 Å².